The molecule has 0 fully saturated rings. The second-order valence-corrected chi connectivity index (χ2v) is 4.38. The molecular formula is C10H13N3O2S. The van der Waals surface area contributed by atoms with Gasteiger partial charge in [-0.25, -0.2) is 9.97 Å². The van der Waals surface area contributed by atoms with Gasteiger partial charge in [0, 0.05) is 25.1 Å². The van der Waals surface area contributed by atoms with Gasteiger partial charge in [0.1, 0.15) is 5.82 Å². The van der Waals surface area contributed by atoms with Crippen LogP contribution >= 0.6 is 0 Å². The van der Waals surface area contributed by atoms with Crippen molar-refractivity contribution in [2.45, 2.75) is 12.1 Å². The molecule has 0 aliphatic carbocycles. The van der Waals surface area contributed by atoms with Crippen LogP contribution in [0.5, 0.6) is 0 Å². The Labute approximate surface area is 96.5 Å². The molecule has 1 aromatic rings. The lowest BCUT2D eigenvalue weighted by atomic mass is 10.2. The van der Waals surface area contributed by atoms with E-state index in [0.29, 0.717) is 11.4 Å². The molecule has 0 aliphatic heterocycles. The van der Waals surface area contributed by atoms with E-state index in [1.807, 2.05) is 0 Å². The van der Waals surface area contributed by atoms with E-state index in [9.17, 15) is 9.00 Å². The minimum Gasteiger partial charge on any atom is -0.373 e. The summed E-state index contributed by atoms with van der Waals surface area (Å²) in [6, 6.07) is 0. The van der Waals surface area contributed by atoms with Crippen molar-refractivity contribution in [1.29, 1.82) is 0 Å². The quantitative estimate of drug-likeness (QED) is 0.623. The topological polar surface area (TPSA) is 72.0 Å². The smallest absolute Gasteiger partial charge is 0.220 e. The second kappa shape index (κ2) is 5.50. The largest absolute Gasteiger partial charge is 0.373 e. The highest BCUT2D eigenvalue weighted by Crippen LogP contribution is 2.13. The van der Waals surface area contributed by atoms with E-state index in [2.05, 4.69) is 15.3 Å². The predicted molar refractivity (Wildman–Crippen MR) is 63.6 cm³/mol. The number of carbonyl (C=O) groups excluding carboxylic acids is 1. The number of hydrogen-bond donors (Lipinski definition) is 1. The lowest BCUT2D eigenvalue weighted by Gasteiger charge is -2.04. The minimum atomic E-state index is -1.22. The fraction of sp³-hybridized carbons (Fsp3) is 0.300. The van der Waals surface area contributed by atoms with Gasteiger partial charge in [0.15, 0.2) is 5.78 Å². The molecule has 0 aliphatic rings. The summed E-state index contributed by atoms with van der Waals surface area (Å²) in [7, 11) is 0.489. The fourth-order valence-electron chi connectivity index (χ4n) is 1.04. The number of carbonyl (C=O) groups is 1. The molecule has 1 heterocycles. The SMILES string of the molecule is CNc1nc(S(C)=O)ncc1/C=C/C(C)=O. The van der Waals surface area contributed by atoms with E-state index >= 15 is 0 Å². The van der Waals surface area contributed by atoms with Crippen LogP contribution in [-0.4, -0.2) is 33.3 Å². The van der Waals surface area contributed by atoms with Crippen LogP contribution in [0.25, 0.3) is 6.08 Å². The molecule has 16 heavy (non-hydrogen) atoms. The number of aromatic nitrogens is 2. The molecule has 0 aromatic carbocycles. The molecule has 0 bridgehead atoms. The summed E-state index contributed by atoms with van der Waals surface area (Å²) in [5, 5.41) is 3.13. The molecule has 0 amide bonds. The summed E-state index contributed by atoms with van der Waals surface area (Å²) in [5.41, 5.74) is 0.687. The lowest BCUT2D eigenvalue weighted by Crippen LogP contribution is -2.03. The molecular weight excluding hydrogens is 226 g/mol. The second-order valence-electron chi connectivity index (χ2n) is 3.10. The third-order valence-electron chi connectivity index (χ3n) is 1.79. The number of ketones is 1. The van der Waals surface area contributed by atoms with Crippen LogP contribution < -0.4 is 5.32 Å². The van der Waals surface area contributed by atoms with Gasteiger partial charge in [-0.05, 0) is 19.1 Å². The Bertz CT molecular complexity index is 457. The van der Waals surface area contributed by atoms with E-state index in [-0.39, 0.29) is 10.9 Å². The van der Waals surface area contributed by atoms with Crippen LogP contribution in [0.2, 0.25) is 0 Å². The van der Waals surface area contributed by atoms with Crippen molar-refractivity contribution in [1.82, 2.24) is 9.97 Å². The van der Waals surface area contributed by atoms with Gasteiger partial charge in [-0.2, -0.15) is 0 Å². The Kier molecular flexibility index (Phi) is 4.30. The first-order valence-electron chi connectivity index (χ1n) is 4.61. The first-order chi connectivity index (χ1) is 7.54. The van der Waals surface area contributed by atoms with Gasteiger partial charge in [-0.3, -0.25) is 9.00 Å². The highest BCUT2D eigenvalue weighted by Gasteiger charge is 2.06. The van der Waals surface area contributed by atoms with Crippen LogP contribution in [-0.2, 0) is 15.6 Å². The standard InChI is InChI=1S/C10H13N3O2S/c1-7(14)4-5-8-6-12-10(16(3)15)13-9(8)11-2/h4-6H,1-3H3,(H,11,12,13)/b5-4+. The van der Waals surface area contributed by atoms with E-state index < -0.39 is 10.8 Å². The third-order valence-corrected chi connectivity index (χ3v) is 2.50. The maximum absolute atomic E-state index is 11.2. The molecule has 5 nitrogen and oxygen atoms in total. The van der Waals surface area contributed by atoms with E-state index in [1.54, 1.807) is 13.1 Å². The summed E-state index contributed by atoms with van der Waals surface area (Å²) < 4.78 is 11.2. The van der Waals surface area contributed by atoms with E-state index in [4.69, 9.17) is 0 Å². The van der Waals surface area contributed by atoms with Crippen LogP contribution in [0.4, 0.5) is 5.82 Å². The summed E-state index contributed by atoms with van der Waals surface area (Å²) in [5.74, 6) is 0.503. The molecule has 86 valence electrons. The van der Waals surface area contributed by atoms with Gasteiger partial charge in [0.05, 0.1) is 10.8 Å². The van der Waals surface area contributed by atoms with Crippen LogP contribution in [0, 0.1) is 0 Å². The highest BCUT2D eigenvalue weighted by atomic mass is 32.2. The number of anilines is 1. The van der Waals surface area contributed by atoms with Crippen LogP contribution in [0.1, 0.15) is 12.5 Å². The van der Waals surface area contributed by atoms with Gasteiger partial charge in [0.2, 0.25) is 5.16 Å². The third kappa shape index (κ3) is 3.23. The molecule has 0 saturated carbocycles. The molecule has 1 N–H and O–H groups in total. The van der Waals surface area contributed by atoms with E-state index in [0.717, 1.165) is 0 Å². The molecule has 1 atom stereocenters. The maximum Gasteiger partial charge on any atom is 0.220 e. The Morgan fingerprint density at radius 2 is 2.25 bits per heavy atom. The molecule has 6 heteroatoms. The van der Waals surface area contributed by atoms with Crippen molar-refractivity contribution in [2.24, 2.45) is 0 Å². The summed E-state index contributed by atoms with van der Waals surface area (Å²) in [4.78, 5) is 18.8. The normalized spacial score (nSPS) is 12.7. The Morgan fingerprint density at radius 3 is 2.75 bits per heavy atom. The van der Waals surface area contributed by atoms with Crippen LogP contribution in [0.15, 0.2) is 17.4 Å². The van der Waals surface area contributed by atoms with Gasteiger partial charge >= 0.3 is 0 Å². The number of nitrogens with zero attached hydrogens (tertiary/aromatic N) is 2. The zero-order valence-electron chi connectivity index (χ0n) is 9.35. The van der Waals surface area contributed by atoms with Crippen molar-refractivity contribution in [3.63, 3.8) is 0 Å². The Hall–Kier alpha value is -1.56. The van der Waals surface area contributed by atoms with Gasteiger partial charge in [0.25, 0.3) is 0 Å². The number of allylic oxidation sites excluding steroid dienone is 1. The van der Waals surface area contributed by atoms with Crippen LogP contribution in [0.3, 0.4) is 0 Å². The van der Waals surface area contributed by atoms with Crippen molar-refractivity contribution < 1.29 is 9.00 Å². The molecule has 0 saturated heterocycles. The zero-order valence-corrected chi connectivity index (χ0v) is 10.2. The van der Waals surface area contributed by atoms with Gasteiger partial charge in [-0.1, -0.05) is 0 Å². The summed E-state index contributed by atoms with van der Waals surface area (Å²) in [6.45, 7) is 1.46. The Balaban J connectivity index is 3.11. The number of hydrogen-bond acceptors (Lipinski definition) is 5. The average molecular weight is 239 g/mol. The Morgan fingerprint density at radius 1 is 1.56 bits per heavy atom. The monoisotopic (exact) mass is 239 g/mol. The molecule has 0 spiro atoms. The predicted octanol–water partition coefficient (Wildman–Crippen LogP) is 0.858. The zero-order chi connectivity index (χ0) is 12.1. The molecule has 1 unspecified atom stereocenters. The molecule has 0 radical (unpaired) electrons. The van der Waals surface area contributed by atoms with Crippen molar-refractivity contribution in [3.05, 3.63) is 17.8 Å². The summed E-state index contributed by atoms with van der Waals surface area (Å²) >= 11 is 0. The maximum atomic E-state index is 11.2. The summed E-state index contributed by atoms with van der Waals surface area (Å²) in [6.07, 6.45) is 6.10. The number of nitrogens with one attached hydrogen (secondary N) is 1. The molecule has 1 aromatic heterocycles. The molecule has 1 rings (SSSR count). The average Bonchev–Trinajstić information content (AvgIpc) is 2.25. The first-order valence-corrected chi connectivity index (χ1v) is 6.17. The van der Waals surface area contributed by atoms with Crippen molar-refractivity contribution in [3.8, 4) is 0 Å². The van der Waals surface area contributed by atoms with Crippen molar-refractivity contribution >= 4 is 28.5 Å². The van der Waals surface area contributed by atoms with Gasteiger partial charge in [-0.15, -0.1) is 0 Å². The van der Waals surface area contributed by atoms with Gasteiger partial charge < -0.3 is 5.32 Å². The van der Waals surface area contributed by atoms with Crippen molar-refractivity contribution in [2.75, 3.05) is 18.6 Å². The van der Waals surface area contributed by atoms with E-state index in [1.165, 1.54) is 25.5 Å². The first kappa shape index (κ1) is 12.5. The fourth-order valence-corrected chi connectivity index (χ4v) is 1.46. The minimum absolute atomic E-state index is 0.0507. The number of rotatable bonds is 4. The highest BCUT2D eigenvalue weighted by molar-refractivity contribution is 7.84. The lowest BCUT2D eigenvalue weighted by molar-refractivity contribution is -0.112.